The quantitative estimate of drug-likeness (QED) is 0.563. The Bertz CT molecular complexity index is 504. The fourth-order valence-corrected chi connectivity index (χ4v) is 3.81. The first kappa shape index (κ1) is 20.9. The van der Waals surface area contributed by atoms with E-state index >= 15 is 0 Å². The van der Waals surface area contributed by atoms with Crippen molar-refractivity contribution < 1.29 is 0 Å². The van der Waals surface area contributed by atoms with Crippen LogP contribution < -0.4 is 5.56 Å². The van der Waals surface area contributed by atoms with Crippen molar-refractivity contribution in [1.29, 1.82) is 0 Å². The highest BCUT2D eigenvalue weighted by Gasteiger charge is 2.34. The number of nitrogens with zero attached hydrogens (tertiary/aromatic N) is 1. The van der Waals surface area contributed by atoms with Crippen molar-refractivity contribution in [3.8, 4) is 0 Å². The molecule has 0 amide bonds. The molecule has 0 aliphatic carbocycles. The number of hydrogen-bond donors (Lipinski definition) is 1. The zero-order chi connectivity index (χ0) is 18.2. The summed E-state index contributed by atoms with van der Waals surface area (Å²) in [6, 6.07) is 3.52. The highest BCUT2D eigenvalue weighted by Crippen LogP contribution is 2.39. The Hall–Kier alpha value is -1.12. The van der Waals surface area contributed by atoms with Gasteiger partial charge in [-0.25, -0.2) is 5.10 Å². The Kier molecular flexibility index (Phi) is 8.72. The Morgan fingerprint density at radius 3 is 2.33 bits per heavy atom. The van der Waals surface area contributed by atoms with Gasteiger partial charge < -0.3 is 0 Å². The van der Waals surface area contributed by atoms with E-state index in [1.54, 1.807) is 6.07 Å². The van der Waals surface area contributed by atoms with Gasteiger partial charge in [0.2, 0.25) is 0 Å². The lowest BCUT2D eigenvalue weighted by Crippen LogP contribution is -2.33. The molecular weight excluding hydrogens is 296 g/mol. The summed E-state index contributed by atoms with van der Waals surface area (Å²) in [6.45, 7) is 13.9. The van der Waals surface area contributed by atoms with Crippen LogP contribution in [0.15, 0.2) is 16.9 Å². The molecule has 0 radical (unpaired) electrons. The molecule has 4 unspecified atom stereocenters. The van der Waals surface area contributed by atoms with Crippen LogP contribution in [0.25, 0.3) is 0 Å². The molecule has 0 aromatic carbocycles. The molecule has 0 saturated heterocycles. The van der Waals surface area contributed by atoms with Gasteiger partial charge in [0.1, 0.15) is 0 Å². The first-order chi connectivity index (χ1) is 11.3. The monoisotopic (exact) mass is 334 g/mol. The van der Waals surface area contributed by atoms with Crippen molar-refractivity contribution in [1.82, 2.24) is 10.2 Å². The Balaban J connectivity index is 2.70. The van der Waals surface area contributed by atoms with E-state index in [4.69, 9.17) is 0 Å². The summed E-state index contributed by atoms with van der Waals surface area (Å²) >= 11 is 0. The standard InChI is InChI=1S/C21H38N2O/c1-7-14-21(6,19-12-13-20(24)23-22-19)18(5)15-17(4)11-9-10-16(3)8-2/h12-13,16-18H,7-11,14-15H2,1-6H3,(H,23,24). The third-order valence-electron chi connectivity index (χ3n) is 5.97. The SMILES string of the molecule is CCCC(C)(c1ccc(=O)[nH]n1)C(C)CC(C)CCCC(C)CC. The topological polar surface area (TPSA) is 45.8 Å². The molecule has 0 aliphatic rings. The van der Waals surface area contributed by atoms with Crippen molar-refractivity contribution in [2.24, 2.45) is 17.8 Å². The lowest BCUT2D eigenvalue weighted by atomic mass is 9.69. The zero-order valence-corrected chi connectivity index (χ0v) is 16.7. The van der Waals surface area contributed by atoms with Crippen LogP contribution >= 0.6 is 0 Å². The molecule has 4 atom stereocenters. The molecule has 138 valence electrons. The first-order valence-electron chi connectivity index (χ1n) is 9.89. The van der Waals surface area contributed by atoms with Gasteiger partial charge in [-0.1, -0.05) is 73.6 Å². The Morgan fingerprint density at radius 1 is 1.12 bits per heavy atom. The van der Waals surface area contributed by atoms with Crippen LogP contribution in [0, 0.1) is 17.8 Å². The second-order valence-electron chi connectivity index (χ2n) is 8.16. The minimum Gasteiger partial charge on any atom is -0.268 e. The summed E-state index contributed by atoms with van der Waals surface area (Å²) in [4.78, 5) is 11.3. The predicted octanol–water partition coefficient (Wildman–Crippen LogP) is 5.71. The molecule has 0 saturated carbocycles. The minimum absolute atomic E-state index is 0.0317. The first-order valence-corrected chi connectivity index (χ1v) is 9.89. The van der Waals surface area contributed by atoms with E-state index in [-0.39, 0.29) is 11.0 Å². The number of rotatable bonds is 11. The summed E-state index contributed by atoms with van der Waals surface area (Å²) < 4.78 is 0. The fraction of sp³-hybridized carbons (Fsp3) is 0.810. The minimum atomic E-state index is -0.122. The van der Waals surface area contributed by atoms with Gasteiger partial charge in [0.15, 0.2) is 0 Å². The number of aromatic amines is 1. The van der Waals surface area contributed by atoms with Crippen molar-refractivity contribution in [3.63, 3.8) is 0 Å². The van der Waals surface area contributed by atoms with Crippen molar-refractivity contribution in [2.45, 2.75) is 91.9 Å². The molecule has 0 spiro atoms. The van der Waals surface area contributed by atoms with Crippen molar-refractivity contribution in [3.05, 3.63) is 28.2 Å². The van der Waals surface area contributed by atoms with Crippen molar-refractivity contribution in [2.75, 3.05) is 0 Å². The molecular formula is C21H38N2O. The molecule has 1 aromatic heterocycles. The van der Waals surface area contributed by atoms with Crippen LogP contribution in [0.4, 0.5) is 0 Å². The summed E-state index contributed by atoms with van der Waals surface area (Å²) in [5.74, 6) is 2.14. The number of H-pyrrole nitrogens is 1. The molecule has 3 heteroatoms. The van der Waals surface area contributed by atoms with E-state index in [2.05, 4.69) is 51.7 Å². The molecule has 1 aromatic rings. The maximum atomic E-state index is 11.3. The molecule has 1 heterocycles. The summed E-state index contributed by atoms with van der Waals surface area (Å²) in [5.41, 5.74) is 0.941. The van der Waals surface area contributed by atoms with E-state index in [9.17, 15) is 4.79 Å². The van der Waals surface area contributed by atoms with Crippen LogP contribution in [0.3, 0.4) is 0 Å². The number of hydrogen-bond acceptors (Lipinski definition) is 2. The number of aromatic nitrogens is 2. The van der Waals surface area contributed by atoms with Crippen LogP contribution in [-0.2, 0) is 5.41 Å². The fourth-order valence-electron chi connectivity index (χ4n) is 3.81. The maximum absolute atomic E-state index is 11.3. The van der Waals surface area contributed by atoms with Crippen LogP contribution in [0.2, 0.25) is 0 Å². The molecule has 0 fully saturated rings. The molecule has 0 bridgehead atoms. The van der Waals surface area contributed by atoms with Crippen molar-refractivity contribution >= 4 is 0 Å². The van der Waals surface area contributed by atoms with Gasteiger partial charge >= 0.3 is 0 Å². The smallest absolute Gasteiger partial charge is 0.264 e. The van der Waals surface area contributed by atoms with E-state index in [1.165, 1.54) is 32.1 Å². The number of nitrogens with one attached hydrogen (secondary N) is 1. The van der Waals surface area contributed by atoms with Gasteiger partial charge in [0.05, 0.1) is 5.69 Å². The van der Waals surface area contributed by atoms with Gasteiger partial charge in [-0.05, 0) is 36.7 Å². The molecule has 24 heavy (non-hydrogen) atoms. The lowest BCUT2D eigenvalue weighted by Gasteiger charge is -2.36. The Morgan fingerprint density at radius 2 is 1.79 bits per heavy atom. The van der Waals surface area contributed by atoms with Gasteiger partial charge in [-0.3, -0.25) is 4.79 Å². The molecule has 1 N–H and O–H groups in total. The van der Waals surface area contributed by atoms with Gasteiger partial charge in [-0.2, -0.15) is 5.10 Å². The Labute approximate surface area is 148 Å². The van der Waals surface area contributed by atoms with Crippen LogP contribution in [0.5, 0.6) is 0 Å². The average Bonchev–Trinajstić information content (AvgIpc) is 2.55. The van der Waals surface area contributed by atoms with Gasteiger partial charge in [0, 0.05) is 11.5 Å². The molecule has 0 aliphatic heterocycles. The molecule has 3 nitrogen and oxygen atoms in total. The maximum Gasteiger partial charge on any atom is 0.264 e. The van der Waals surface area contributed by atoms with Crippen LogP contribution in [0.1, 0.15) is 92.2 Å². The van der Waals surface area contributed by atoms with E-state index < -0.39 is 0 Å². The largest absolute Gasteiger partial charge is 0.268 e. The summed E-state index contributed by atoms with van der Waals surface area (Å²) in [7, 11) is 0. The zero-order valence-electron chi connectivity index (χ0n) is 16.7. The third kappa shape index (κ3) is 6.07. The summed E-state index contributed by atoms with van der Waals surface area (Å²) in [5, 5.41) is 6.98. The highest BCUT2D eigenvalue weighted by atomic mass is 16.1. The van der Waals surface area contributed by atoms with Crippen LogP contribution in [-0.4, -0.2) is 10.2 Å². The van der Waals surface area contributed by atoms with Gasteiger partial charge in [0.25, 0.3) is 5.56 Å². The second kappa shape index (κ2) is 10.0. The van der Waals surface area contributed by atoms with E-state index in [1.807, 2.05) is 6.07 Å². The normalized spacial score (nSPS) is 17.9. The second-order valence-corrected chi connectivity index (χ2v) is 8.16. The van der Waals surface area contributed by atoms with E-state index in [0.29, 0.717) is 5.92 Å². The molecule has 1 rings (SSSR count). The van der Waals surface area contributed by atoms with Gasteiger partial charge in [-0.15, -0.1) is 0 Å². The highest BCUT2D eigenvalue weighted by molar-refractivity contribution is 5.15. The lowest BCUT2D eigenvalue weighted by molar-refractivity contribution is 0.230. The summed E-state index contributed by atoms with van der Waals surface area (Å²) in [6.07, 6.45) is 8.75. The van der Waals surface area contributed by atoms with E-state index in [0.717, 1.165) is 30.4 Å². The average molecular weight is 335 g/mol. The third-order valence-corrected chi connectivity index (χ3v) is 5.97. The predicted molar refractivity (Wildman–Crippen MR) is 103 cm³/mol.